The Morgan fingerprint density at radius 2 is 2.00 bits per heavy atom. The number of nitrogens with two attached hydrogens (primary N) is 1. The molecule has 3 N–H and O–H groups in total. The maximum absolute atomic E-state index is 12.8. The maximum atomic E-state index is 12.8. The second-order valence-electron chi connectivity index (χ2n) is 3.92. The number of hydrogen-bond acceptors (Lipinski definition) is 1. The minimum absolute atomic E-state index is 0.00671. The molecule has 3 nitrogen and oxygen atoms in total. The second-order valence-corrected chi connectivity index (χ2v) is 4.36. The normalized spacial score (nSPS) is 12.9. The first-order chi connectivity index (χ1) is 8.20. The van der Waals surface area contributed by atoms with Gasteiger partial charge in [0, 0.05) is 11.1 Å². The standard InChI is InChI=1S/C11H13ClF3N3/c1-6(2)17-10(16)18-9-4-3-7(12)5-8(9)11(13,14)15/h3-6H,1-2H3,(H3,16,17,18). The number of guanidine groups is 1. The lowest BCUT2D eigenvalue weighted by molar-refractivity contribution is -0.136. The van der Waals surface area contributed by atoms with Crippen molar-refractivity contribution >= 4 is 23.2 Å². The largest absolute Gasteiger partial charge is 0.418 e. The van der Waals surface area contributed by atoms with E-state index in [-0.39, 0.29) is 22.7 Å². The molecule has 1 rings (SSSR count). The maximum Gasteiger partial charge on any atom is 0.418 e. The lowest BCUT2D eigenvalue weighted by Gasteiger charge is -2.14. The predicted octanol–water partition coefficient (Wildman–Crippen LogP) is 3.49. The van der Waals surface area contributed by atoms with Crippen molar-refractivity contribution in [3.05, 3.63) is 28.8 Å². The van der Waals surface area contributed by atoms with Crippen LogP contribution in [0.25, 0.3) is 0 Å². The number of halogens is 4. The quantitative estimate of drug-likeness (QED) is 0.643. The van der Waals surface area contributed by atoms with Gasteiger partial charge in [0.1, 0.15) is 0 Å². The SMILES string of the molecule is CC(C)N=C(N)Nc1ccc(Cl)cc1C(F)(F)F. The van der Waals surface area contributed by atoms with E-state index in [9.17, 15) is 13.2 Å². The van der Waals surface area contributed by atoms with Crippen LogP contribution < -0.4 is 11.1 Å². The monoisotopic (exact) mass is 279 g/mol. The summed E-state index contributed by atoms with van der Waals surface area (Å²) >= 11 is 5.55. The molecule has 7 heteroatoms. The number of aliphatic imine (C=N–C) groups is 1. The molecule has 0 heterocycles. The Labute approximate surface area is 108 Å². The minimum Gasteiger partial charge on any atom is -0.370 e. The number of hydrogen-bond donors (Lipinski definition) is 2. The molecule has 0 spiro atoms. The first kappa shape index (κ1) is 14.6. The molecular weight excluding hydrogens is 267 g/mol. The second kappa shape index (κ2) is 5.48. The van der Waals surface area contributed by atoms with Gasteiger partial charge >= 0.3 is 6.18 Å². The van der Waals surface area contributed by atoms with Crippen LogP contribution in [-0.2, 0) is 6.18 Å². The van der Waals surface area contributed by atoms with E-state index in [4.69, 9.17) is 17.3 Å². The summed E-state index contributed by atoms with van der Waals surface area (Å²) in [6.07, 6.45) is -4.51. The van der Waals surface area contributed by atoms with Crippen LogP contribution in [0.5, 0.6) is 0 Å². The zero-order chi connectivity index (χ0) is 13.9. The van der Waals surface area contributed by atoms with Crippen LogP contribution in [0, 0.1) is 0 Å². The number of nitrogens with zero attached hydrogens (tertiary/aromatic N) is 1. The molecule has 0 aliphatic heterocycles. The van der Waals surface area contributed by atoms with Gasteiger partial charge in [0.15, 0.2) is 5.96 Å². The molecule has 1 aromatic rings. The van der Waals surface area contributed by atoms with Crippen molar-refractivity contribution in [1.82, 2.24) is 0 Å². The number of rotatable bonds is 2. The van der Waals surface area contributed by atoms with Crippen LogP contribution in [-0.4, -0.2) is 12.0 Å². The van der Waals surface area contributed by atoms with Crippen molar-refractivity contribution < 1.29 is 13.2 Å². The van der Waals surface area contributed by atoms with E-state index >= 15 is 0 Å². The fourth-order valence-electron chi connectivity index (χ4n) is 1.31. The molecule has 0 fully saturated rings. The van der Waals surface area contributed by atoms with Gasteiger partial charge in [0.25, 0.3) is 0 Å². The lowest BCUT2D eigenvalue weighted by Crippen LogP contribution is -2.25. The Morgan fingerprint density at radius 1 is 1.39 bits per heavy atom. The third kappa shape index (κ3) is 4.10. The summed E-state index contributed by atoms with van der Waals surface area (Å²) in [5.74, 6) is -0.0715. The average Bonchev–Trinajstić information content (AvgIpc) is 2.17. The molecule has 100 valence electrons. The van der Waals surface area contributed by atoms with Crippen molar-refractivity contribution in [2.24, 2.45) is 10.7 Å². The van der Waals surface area contributed by atoms with E-state index in [1.165, 1.54) is 12.1 Å². The molecule has 0 amide bonds. The molecule has 0 atom stereocenters. The molecule has 0 aliphatic rings. The highest BCUT2D eigenvalue weighted by atomic mass is 35.5. The smallest absolute Gasteiger partial charge is 0.370 e. The Hall–Kier alpha value is -1.43. The molecular formula is C11H13ClF3N3. The van der Waals surface area contributed by atoms with Gasteiger partial charge in [-0.1, -0.05) is 11.6 Å². The molecule has 0 aliphatic carbocycles. The van der Waals surface area contributed by atoms with Crippen LogP contribution >= 0.6 is 11.6 Å². The van der Waals surface area contributed by atoms with E-state index in [1.54, 1.807) is 13.8 Å². The van der Waals surface area contributed by atoms with E-state index in [0.717, 1.165) is 6.07 Å². The van der Waals surface area contributed by atoms with Crippen LogP contribution in [0.4, 0.5) is 18.9 Å². The Morgan fingerprint density at radius 3 is 2.50 bits per heavy atom. The molecule has 1 aromatic carbocycles. The van der Waals surface area contributed by atoms with Crippen LogP contribution in [0.15, 0.2) is 23.2 Å². The molecule has 0 bridgehead atoms. The van der Waals surface area contributed by atoms with Crippen molar-refractivity contribution in [2.45, 2.75) is 26.1 Å². The zero-order valence-corrected chi connectivity index (χ0v) is 10.6. The van der Waals surface area contributed by atoms with Gasteiger partial charge in [-0.05, 0) is 32.0 Å². The molecule has 0 unspecified atom stereocenters. The molecule has 0 saturated heterocycles. The number of anilines is 1. The lowest BCUT2D eigenvalue weighted by atomic mass is 10.1. The number of alkyl halides is 3. The average molecular weight is 280 g/mol. The summed E-state index contributed by atoms with van der Waals surface area (Å²) < 4.78 is 38.3. The molecule has 0 aromatic heterocycles. The number of benzene rings is 1. The van der Waals surface area contributed by atoms with Gasteiger partial charge < -0.3 is 11.1 Å². The van der Waals surface area contributed by atoms with E-state index in [0.29, 0.717) is 0 Å². The van der Waals surface area contributed by atoms with Crippen LogP contribution in [0.3, 0.4) is 0 Å². The molecule has 18 heavy (non-hydrogen) atoms. The van der Waals surface area contributed by atoms with Crippen LogP contribution in [0.2, 0.25) is 5.02 Å². The zero-order valence-electron chi connectivity index (χ0n) is 9.85. The van der Waals surface area contributed by atoms with Gasteiger partial charge in [0.05, 0.1) is 11.3 Å². The fraction of sp³-hybridized carbons (Fsp3) is 0.364. The summed E-state index contributed by atoms with van der Waals surface area (Å²) in [7, 11) is 0. The summed E-state index contributed by atoms with van der Waals surface area (Å²) in [6, 6.07) is 3.29. The van der Waals surface area contributed by atoms with Gasteiger partial charge in [-0.2, -0.15) is 13.2 Å². The third-order valence-corrected chi connectivity index (χ3v) is 2.18. The van der Waals surface area contributed by atoms with Crippen molar-refractivity contribution in [3.8, 4) is 0 Å². The highest BCUT2D eigenvalue weighted by Gasteiger charge is 2.33. The fourth-order valence-corrected chi connectivity index (χ4v) is 1.48. The van der Waals surface area contributed by atoms with Crippen molar-refractivity contribution in [1.29, 1.82) is 0 Å². The first-order valence-electron chi connectivity index (χ1n) is 5.17. The Bertz CT molecular complexity index is 455. The summed E-state index contributed by atoms with van der Waals surface area (Å²) in [5.41, 5.74) is 4.45. The highest BCUT2D eigenvalue weighted by molar-refractivity contribution is 6.30. The summed E-state index contributed by atoms with van der Waals surface area (Å²) in [6.45, 7) is 3.53. The van der Waals surface area contributed by atoms with E-state index < -0.39 is 11.7 Å². The minimum atomic E-state index is -4.51. The predicted molar refractivity (Wildman–Crippen MR) is 66.8 cm³/mol. The summed E-state index contributed by atoms with van der Waals surface area (Å²) in [5, 5.41) is 2.43. The van der Waals surface area contributed by atoms with E-state index in [2.05, 4.69) is 10.3 Å². The Kier molecular flexibility index (Phi) is 4.45. The van der Waals surface area contributed by atoms with Gasteiger partial charge in [-0.15, -0.1) is 0 Å². The molecule has 0 radical (unpaired) electrons. The topological polar surface area (TPSA) is 50.4 Å². The van der Waals surface area contributed by atoms with Gasteiger partial charge in [-0.25, -0.2) is 0 Å². The van der Waals surface area contributed by atoms with Crippen LogP contribution in [0.1, 0.15) is 19.4 Å². The summed E-state index contributed by atoms with van der Waals surface area (Å²) in [4.78, 5) is 3.90. The van der Waals surface area contributed by atoms with Crippen molar-refractivity contribution in [2.75, 3.05) is 5.32 Å². The Balaban J connectivity index is 3.10. The highest BCUT2D eigenvalue weighted by Crippen LogP contribution is 2.36. The number of nitrogens with one attached hydrogen (secondary N) is 1. The third-order valence-electron chi connectivity index (χ3n) is 1.95. The molecule has 0 saturated carbocycles. The first-order valence-corrected chi connectivity index (χ1v) is 5.55. The van der Waals surface area contributed by atoms with E-state index in [1.807, 2.05) is 0 Å². The van der Waals surface area contributed by atoms with Crippen molar-refractivity contribution in [3.63, 3.8) is 0 Å². The van der Waals surface area contributed by atoms with Gasteiger partial charge in [0.2, 0.25) is 0 Å². The van der Waals surface area contributed by atoms with Gasteiger partial charge in [-0.3, -0.25) is 4.99 Å².